The lowest BCUT2D eigenvalue weighted by atomic mass is 10.0. The molecule has 0 heterocycles. The molecule has 2 aromatic rings. The summed E-state index contributed by atoms with van der Waals surface area (Å²) >= 11 is 2.05. The summed E-state index contributed by atoms with van der Waals surface area (Å²) in [6.45, 7) is 5.42. The molecule has 2 aromatic carbocycles. The highest BCUT2D eigenvalue weighted by atomic mass is 127. The molecule has 34 heavy (non-hydrogen) atoms. The average Bonchev–Trinajstić information content (AvgIpc) is 2.81. The second kappa shape index (κ2) is 13.5. The summed E-state index contributed by atoms with van der Waals surface area (Å²) in [5.41, 5.74) is 3.58. The van der Waals surface area contributed by atoms with Gasteiger partial charge in [0.2, 0.25) is 0 Å². The Labute approximate surface area is 212 Å². The monoisotopic (exact) mass is 581 g/mol. The first kappa shape index (κ1) is 27.1. The van der Waals surface area contributed by atoms with E-state index in [0.29, 0.717) is 26.2 Å². The van der Waals surface area contributed by atoms with Crippen molar-refractivity contribution in [2.24, 2.45) is 11.0 Å². The van der Waals surface area contributed by atoms with Gasteiger partial charge in [-0.25, -0.2) is 10.2 Å². The summed E-state index contributed by atoms with van der Waals surface area (Å²) in [7, 11) is 1.48. The van der Waals surface area contributed by atoms with Crippen molar-refractivity contribution in [3.05, 3.63) is 57.2 Å². The smallest absolute Gasteiger partial charge is 0.344 e. The van der Waals surface area contributed by atoms with E-state index in [1.165, 1.54) is 13.3 Å². The van der Waals surface area contributed by atoms with Gasteiger partial charge in [-0.1, -0.05) is 32.0 Å². The highest BCUT2D eigenvalue weighted by Gasteiger charge is 2.24. The number of hydrogen-bond donors (Lipinski definition) is 2. The SMILES string of the molecule is CCOC(=O)COc1c(I)cc(C=NNC(=O)C(NC(=O)c2ccccc2)C(C)C)cc1OC. The van der Waals surface area contributed by atoms with Crippen molar-refractivity contribution in [1.82, 2.24) is 10.7 Å². The van der Waals surface area contributed by atoms with Crippen molar-refractivity contribution < 1.29 is 28.6 Å². The van der Waals surface area contributed by atoms with Crippen LogP contribution in [0.15, 0.2) is 47.6 Å². The largest absolute Gasteiger partial charge is 0.493 e. The lowest BCUT2D eigenvalue weighted by Crippen LogP contribution is -2.48. The first-order valence-corrected chi connectivity index (χ1v) is 11.7. The van der Waals surface area contributed by atoms with Gasteiger partial charge in [0.15, 0.2) is 18.1 Å². The number of nitrogens with zero attached hydrogens (tertiary/aromatic N) is 1. The van der Waals surface area contributed by atoms with Crippen LogP contribution in [0.4, 0.5) is 0 Å². The third-order valence-corrected chi connectivity index (χ3v) is 5.35. The van der Waals surface area contributed by atoms with Crippen molar-refractivity contribution in [1.29, 1.82) is 0 Å². The van der Waals surface area contributed by atoms with Crippen LogP contribution in [0, 0.1) is 9.49 Å². The van der Waals surface area contributed by atoms with Crippen LogP contribution in [0.1, 0.15) is 36.7 Å². The molecule has 0 aliphatic rings. The summed E-state index contributed by atoms with van der Waals surface area (Å²) in [6.07, 6.45) is 1.45. The minimum atomic E-state index is -0.766. The lowest BCUT2D eigenvalue weighted by Gasteiger charge is -2.20. The van der Waals surface area contributed by atoms with Crippen LogP contribution in [-0.2, 0) is 14.3 Å². The zero-order chi connectivity index (χ0) is 25.1. The molecular weight excluding hydrogens is 553 g/mol. The Hall–Kier alpha value is -3.15. The number of hydrazone groups is 1. The van der Waals surface area contributed by atoms with E-state index in [4.69, 9.17) is 14.2 Å². The van der Waals surface area contributed by atoms with Crippen LogP contribution in [0.5, 0.6) is 11.5 Å². The molecule has 2 amide bonds. The second-order valence-electron chi connectivity index (χ2n) is 7.42. The first-order chi connectivity index (χ1) is 16.3. The summed E-state index contributed by atoms with van der Waals surface area (Å²) < 4.78 is 16.5. The number of rotatable bonds is 11. The predicted molar refractivity (Wildman–Crippen MR) is 136 cm³/mol. The molecule has 10 heteroatoms. The van der Waals surface area contributed by atoms with Crippen LogP contribution in [0.2, 0.25) is 0 Å². The van der Waals surface area contributed by atoms with E-state index in [9.17, 15) is 14.4 Å². The third kappa shape index (κ3) is 8.01. The third-order valence-electron chi connectivity index (χ3n) is 4.55. The van der Waals surface area contributed by atoms with Gasteiger partial charge in [-0.05, 0) is 65.3 Å². The Bertz CT molecular complexity index is 1030. The summed E-state index contributed by atoms with van der Waals surface area (Å²) in [6, 6.07) is 11.3. The van der Waals surface area contributed by atoms with Gasteiger partial charge in [0.05, 0.1) is 23.5 Å². The van der Waals surface area contributed by atoms with Gasteiger partial charge in [0, 0.05) is 5.56 Å². The molecule has 0 saturated carbocycles. The topological polar surface area (TPSA) is 115 Å². The number of esters is 1. The number of halogens is 1. The standard InChI is InChI=1S/C24H28IN3O6/c1-5-33-20(29)14-34-22-18(25)11-16(12-19(22)32-4)13-26-28-24(31)21(15(2)3)27-23(30)17-9-7-6-8-10-17/h6-13,15,21H,5,14H2,1-4H3,(H,27,30)(H,28,31). The number of carbonyl (C=O) groups is 3. The Morgan fingerprint density at radius 3 is 2.47 bits per heavy atom. The number of carbonyl (C=O) groups excluding carboxylic acids is 3. The molecule has 0 aliphatic carbocycles. The van der Waals surface area contributed by atoms with Crippen LogP contribution < -0.4 is 20.2 Å². The lowest BCUT2D eigenvalue weighted by molar-refractivity contribution is -0.145. The number of amides is 2. The molecule has 0 radical (unpaired) electrons. The van der Waals surface area contributed by atoms with Crippen molar-refractivity contribution in [2.75, 3.05) is 20.3 Å². The number of hydrogen-bond acceptors (Lipinski definition) is 7. The van der Waals surface area contributed by atoms with Gasteiger partial charge in [-0.3, -0.25) is 9.59 Å². The summed E-state index contributed by atoms with van der Waals surface area (Å²) in [5, 5.41) is 6.77. The Balaban J connectivity index is 2.05. The van der Waals surface area contributed by atoms with Crippen molar-refractivity contribution >= 4 is 46.6 Å². The minimum absolute atomic E-state index is 0.153. The van der Waals surface area contributed by atoms with E-state index >= 15 is 0 Å². The number of ether oxygens (including phenoxy) is 3. The van der Waals surface area contributed by atoms with E-state index in [1.807, 2.05) is 19.9 Å². The molecule has 1 unspecified atom stereocenters. The second-order valence-corrected chi connectivity index (χ2v) is 8.59. The van der Waals surface area contributed by atoms with Crippen LogP contribution in [0.25, 0.3) is 0 Å². The highest BCUT2D eigenvalue weighted by Crippen LogP contribution is 2.33. The number of methoxy groups -OCH3 is 1. The number of benzene rings is 2. The molecule has 0 bridgehead atoms. The number of nitrogens with one attached hydrogen (secondary N) is 2. The minimum Gasteiger partial charge on any atom is -0.493 e. The molecular formula is C24H28IN3O6. The van der Waals surface area contributed by atoms with Gasteiger partial charge in [0.25, 0.3) is 11.8 Å². The molecule has 1 atom stereocenters. The van der Waals surface area contributed by atoms with Crippen molar-refractivity contribution in [2.45, 2.75) is 26.8 Å². The fourth-order valence-corrected chi connectivity index (χ4v) is 3.66. The molecule has 0 aliphatic heterocycles. The Morgan fingerprint density at radius 2 is 1.85 bits per heavy atom. The Kier molecular flexibility index (Phi) is 10.8. The fourth-order valence-electron chi connectivity index (χ4n) is 2.88. The zero-order valence-electron chi connectivity index (χ0n) is 19.5. The molecule has 0 saturated heterocycles. The maximum Gasteiger partial charge on any atom is 0.344 e. The molecule has 0 aromatic heterocycles. The van der Waals surface area contributed by atoms with E-state index in [-0.39, 0.29) is 25.0 Å². The maximum absolute atomic E-state index is 12.7. The quantitative estimate of drug-likeness (QED) is 0.183. The maximum atomic E-state index is 12.7. The first-order valence-electron chi connectivity index (χ1n) is 10.6. The zero-order valence-corrected chi connectivity index (χ0v) is 21.6. The summed E-state index contributed by atoms with van der Waals surface area (Å²) in [4.78, 5) is 36.7. The molecule has 9 nitrogen and oxygen atoms in total. The van der Waals surface area contributed by atoms with Crippen molar-refractivity contribution in [3.63, 3.8) is 0 Å². The molecule has 182 valence electrons. The van der Waals surface area contributed by atoms with Crippen LogP contribution in [-0.4, -0.2) is 50.4 Å². The molecule has 0 spiro atoms. The normalized spacial score (nSPS) is 11.7. The molecule has 2 rings (SSSR count). The van der Waals surface area contributed by atoms with E-state index in [1.54, 1.807) is 43.3 Å². The summed E-state index contributed by atoms with van der Waals surface area (Å²) in [5.74, 6) is -0.602. The fraction of sp³-hybridized carbons (Fsp3) is 0.333. The van der Waals surface area contributed by atoms with Crippen LogP contribution >= 0.6 is 22.6 Å². The van der Waals surface area contributed by atoms with Crippen molar-refractivity contribution in [3.8, 4) is 11.5 Å². The Morgan fingerprint density at radius 1 is 1.15 bits per heavy atom. The van der Waals surface area contributed by atoms with Gasteiger partial charge in [0.1, 0.15) is 6.04 Å². The van der Waals surface area contributed by atoms with E-state index in [0.717, 1.165) is 0 Å². The van der Waals surface area contributed by atoms with Gasteiger partial charge in [-0.2, -0.15) is 5.10 Å². The van der Waals surface area contributed by atoms with Gasteiger partial charge < -0.3 is 19.5 Å². The average molecular weight is 581 g/mol. The van der Waals surface area contributed by atoms with Crippen LogP contribution in [0.3, 0.4) is 0 Å². The van der Waals surface area contributed by atoms with Gasteiger partial charge >= 0.3 is 5.97 Å². The molecule has 0 fully saturated rings. The van der Waals surface area contributed by atoms with E-state index in [2.05, 4.69) is 38.4 Å². The predicted octanol–water partition coefficient (Wildman–Crippen LogP) is 3.15. The molecule has 2 N–H and O–H groups in total. The van der Waals surface area contributed by atoms with E-state index < -0.39 is 17.9 Å². The highest BCUT2D eigenvalue weighted by molar-refractivity contribution is 14.1. The van der Waals surface area contributed by atoms with Gasteiger partial charge in [-0.15, -0.1) is 0 Å².